The Morgan fingerprint density at radius 2 is 2.24 bits per heavy atom. The molecule has 0 spiro atoms. The van der Waals surface area contributed by atoms with Crippen LogP contribution in [0.25, 0.3) is 0 Å². The third-order valence-corrected chi connectivity index (χ3v) is 3.97. The Kier molecular flexibility index (Phi) is 4.90. The first-order valence-electron chi connectivity index (χ1n) is 7.07. The second-order valence-corrected chi connectivity index (χ2v) is 5.39. The molecule has 1 aliphatic carbocycles. The van der Waals surface area contributed by atoms with Crippen LogP contribution in [0.15, 0.2) is 18.2 Å². The highest BCUT2D eigenvalue weighted by atomic mass is 16.6. The van der Waals surface area contributed by atoms with Crippen LogP contribution in [0, 0.1) is 16.0 Å². The monoisotopic (exact) mass is 292 g/mol. The zero-order valence-corrected chi connectivity index (χ0v) is 12.3. The number of nitro groups is 1. The molecule has 1 aliphatic rings. The fraction of sp³-hybridized carbons (Fsp3) is 0.533. The Hall–Kier alpha value is -1.95. The van der Waals surface area contributed by atoms with Crippen molar-refractivity contribution >= 4 is 17.7 Å². The molecule has 0 amide bonds. The minimum atomic E-state index is -0.429. The number of carbonyl (C=O) groups excluding carboxylic acids is 1. The van der Waals surface area contributed by atoms with Gasteiger partial charge in [-0.2, -0.15) is 0 Å². The maximum Gasteiger partial charge on any atom is 0.293 e. The van der Waals surface area contributed by atoms with E-state index in [1.165, 1.54) is 6.07 Å². The number of anilines is 1. The maximum atomic E-state index is 11.3. The number of ether oxygens (including phenoxy) is 1. The average Bonchev–Trinajstić information content (AvgIpc) is 3.32. The number of carbonyl (C=O) groups is 1. The number of hydrogen-bond donors (Lipinski definition) is 0. The van der Waals surface area contributed by atoms with Crippen molar-refractivity contribution in [2.24, 2.45) is 5.92 Å². The van der Waals surface area contributed by atoms with Gasteiger partial charge in [0.2, 0.25) is 0 Å². The lowest BCUT2D eigenvalue weighted by atomic mass is 10.1. The van der Waals surface area contributed by atoms with Crippen LogP contribution >= 0.6 is 0 Å². The van der Waals surface area contributed by atoms with Gasteiger partial charge in [0.25, 0.3) is 5.69 Å². The van der Waals surface area contributed by atoms with Crippen molar-refractivity contribution in [1.29, 1.82) is 0 Å². The Morgan fingerprint density at radius 3 is 2.76 bits per heavy atom. The van der Waals surface area contributed by atoms with Gasteiger partial charge in [0.05, 0.1) is 11.5 Å². The number of hydrogen-bond acceptors (Lipinski definition) is 5. The topological polar surface area (TPSA) is 72.7 Å². The highest BCUT2D eigenvalue weighted by molar-refractivity contribution is 5.79. The van der Waals surface area contributed by atoms with E-state index in [1.54, 1.807) is 19.2 Å². The van der Waals surface area contributed by atoms with Gasteiger partial charge in [-0.15, -0.1) is 0 Å². The molecular formula is C15H20N2O4. The molecule has 1 unspecified atom stereocenters. The summed E-state index contributed by atoms with van der Waals surface area (Å²) in [7, 11) is 1.61. The van der Waals surface area contributed by atoms with Crippen molar-refractivity contribution in [2.75, 3.05) is 25.2 Å². The molecule has 0 saturated heterocycles. The number of benzene rings is 1. The molecule has 6 heteroatoms. The molecule has 0 radical (unpaired) electrons. The number of rotatable bonds is 8. The summed E-state index contributed by atoms with van der Waals surface area (Å²) in [6, 6.07) is 4.84. The van der Waals surface area contributed by atoms with E-state index in [9.17, 15) is 14.9 Å². The van der Waals surface area contributed by atoms with Crippen molar-refractivity contribution in [2.45, 2.75) is 25.8 Å². The number of aldehydes is 1. The summed E-state index contributed by atoms with van der Waals surface area (Å²) in [4.78, 5) is 23.7. The van der Waals surface area contributed by atoms with E-state index in [1.807, 2.05) is 4.90 Å². The van der Waals surface area contributed by atoms with E-state index in [-0.39, 0.29) is 11.7 Å². The van der Waals surface area contributed by atoms with Crippen molar-refractivity contribution in [3.05, 3.63) is 33.9 Å². The van der Waals surface area contributed by atoms with Gasteiger partial charge in [0, 0.05) is 31.3 Å². The molecule has 1 fully saturated rings. The SMILES string of the molecule is COCCN(c1ccc(C=O)cc1[N+](=O)[O-])C(C)C1CC1. The predicted molar refractivity (Wildman–Crippen MR) is 79.9 cm³/mol. The van der Waals surface area contributed by atoms with E-state index >= 15 is 0 Å². The average molecular weight is 292 g/mol. The molecule has 2 rings (SSSR count). The molecule has 21 heavy (non-hydrogen) atoms. The fourth-order valence-electron chi connectivity index (χ4n) is 2.57. The molecule has 0 bridgehead atoms. The van der Waals surface area contributed by atoms with Gasteiger partial charge in [-0.3, -0.25) is 14.9 Å². The second-order valence-electron chi connectivity index (χ2n) is 5.39. The van der Waals surface area contributed by atoms with Crippen LogP contribution in [0.3, 0.4) is 0 Å². The third-order valence-electron chi connectivity index (χ3n) is 3.97. The number of nitro benzene ring substituents is 1. The van der Waals surface area contributed by atoms with Crippen molar-refractivity contribution in [1.82, 2.24) is 0 Å². The van der Waals surface area contributed by atoms with Crippen LogP contribution < -0.4 is 4.90 Å². The third kappa shape index (κ3) is 3.58. The predicted octanol–water partition coefficient (Wildman–Crippen LogP) is 2.66. The van der Waals surface area contributed by atoms with E-state index in [0.29, 0.717) is 36.6 Å². The van der Waals surface area contributed by atoms with Crippen LogP contribution in [0.5, 0.6) is 0 Å². The molecule has 0 aromatic heterocycles. The zero-order chi connectivity index (χ0) is 15.4. The van der Waals surface area contributed by atoms with Gasteiger partial charge < -0.3 is 9.64 Å². The fourth-order valence-corrected chi connectivity index (χ4v) is 2.57. The molecule has 1 aromatic carbocycles. The maximum absolute atomic E-state index is 11.3. The van der Waals surface area contributed by atoms with Crippen LogP contribution in [-0.4, -0.2) is 37.5 Å². The largest absolute Gasteiger partial charge is 0.383 e. The summed E-state index contributed by atoms with van der Waals surface area (Å²) < 4.78 is 5.12. The van der Waals surface area contributed by atoms with Gasteiger partial charge >= 0.3 is 0 Å². The molecule has 0 N–H and O–H groups in total. The summed E-state index contributed by atoms with van der Waals surface area (Å²) in [5.41, 5.74) is 0.849. The quantitative estimate of drug-likeness (QED) is 0.418. The van der Waals surface area contributed by atoms with Gasteiger partial charge in [0.1, 0.15) is 12.0 Å². The summed E-state index contributed by atoms with van der Waals surface area (Å²) >= 11 is 0. The minimum absolute atomic E-state index is 0.0248. The molecule has 1 aromatic rings. The highest BCUT2D eigenvalue weighted by Gasteiger charge is 2.34. The summed E-state index contributed by atoms with van der Waals surface area (Å²) in [6.45, 7) is 3.18. The first kappa shape index (κ1) is 15.4. The minimum Gasteiger partial charge on any atom is -0.383 e. The molecule has 114 valence electrons. The van der Waals surface area contributed by atoms with Crippen molar-refractivity contribution in [3.63, 3.8) is 0 Å². The molecular weight excluding hydrogens is 272 g/mol. The summed E-state index contributed by atoms with van der Waals surface area (Å²) in [5, 5.41) is 11.3. The van der Waals surface area contributed by atoms with Crippen LogP contribution in [0.2, 0.25) is 0 Å². The van der Waals surface area contributed by atoms with Gasteiger partial charge in [-0.25, -0.2) is 0 Å². The second kappa shape index (κ2) is 6.67. The van der Waals surface area contributed by atoms with Crippen molar-refractivity contribution in [3.8, 4) is 0 Å². The molecule has 0 heterocycles. The Labute approximate surface area is 123 Å². The number of nitrogens with zero attached hydrogens (tertiary/aromatic N) is 2. The first-order chi connectivity index (χ1) is 10.1. The Balaban J connectivity index is 2.37. The van der Waals surface area contributed by atoms with E-state index < -0.39 is 4.92 Å². The van der Waals surface area contributed by atoms with Gasteiger partial charge in [0.15, 0.2) is 0 Å². The summed E-state index contributed by atoms with van der Waals surface area (Å²) in [5.74, 6) is 0.576. The molecule has 0 aliphatic heterocycles. The summed E-state index contributed by atoms with van der Waals surface area (Å²) in [6.07, 6.45) is 2.94. The lowest BCUT2D eigenvalue weighted by Crippen LogP contribution is -2.37. The van der Waals surface area contributed by atoms with Crippen molar-refractivity contribution < 1.29 is 14.5 Å². The molecule has 1 atom stereocenters. The lowest BCUT2D eigenvalue weighted by Gasteiger charge is -2.31. The Morgan fingerprint density at radius 1 is 1.52 bits per heavy atom. The first-order valence-corrected chi connectivity index (χ1v) is 7.07. The van der Waals surface area contributed by atoms with Crippen LogP contribution in [0.4, 0.5) is 11.4 Å². The molecule has 1 saturated carbocycles. The smallest absolute Gasteiger partial charge is 0.293 e. The lowest BCUT2D eigenvalue weighted by molar-refractivity contribution is -0.384. The van der Waals surface area contributed by atoms with Gasteiger partial charge in [-0.1, -0.05) is 0 Å². The van der Waals surface area contributed by atoms with E-state index in [0.717, 1.165) is 12.8 Å². The highest BCUT2D eigenvalue weighted by Crippen LogP contribution is 2.39. The van der Waals surface area contributed by atoms with Gasteiger partial charge in [-0.05, 0) is 37.8 Å². The van der Waals surface area contributed by atoms with E-state index in [2.05, 4.69) is 6.92 Å². The Bertz CT molecular complexity index is 528. The molecule has 6 nitrogen and oxygen atoms in total. The van der Waals surface area contributed by atoms with Crippen LogP contribution in [-0.2, 0) is 4.74 Å². The normalized spacial score (nSPS) is 15.5. The standard InChI is InChI=1S/C15H20N2O4/c1-11(13-4-5-13)16(7-8-21-2)14-6-3-12(10-18)9-15(14)17(19)20/h3,6,9-11,13H,4-5,7-8H2,1-2H3. The zero-order valence-electron chi connectivity index (χ0n) is 12.3. The van der Waals surface area contributed by atoms with Crippen LogP contribution in [0.1, 0.15) is 30.1 Å². The van der Waals surface area contributed by atoms with E-state index in [4.69, 9.17) is 4.74 Å². The number of methoxy groups -OCH3 is 1.